The molecule has 5 heteroatoms. The maximum absolute atomic E-state index is 13.3. The Bertz CT molecular complexity index is 942. The van der Waals surface area contributed by atoms with E-state index in [0.29, 0.717) is 23.6 Å². The molecular formula is C21H21FN2O2. The van der Waals surface area contributed by atoms with Gasteiger partial charge in [-0.1, -0.05) is 32.0 Å². The molecular weight excluding hydrogens is 331 g/mol. The zero-order valence-electron chi connectivity index (χ0n) is 14.8. The van der Waals surface area contributed by atoms with Crippen LogP contribution in [0.25, 0.3) is 16.6 Å². The summed E-state index contributed by atoms with van der Waals surface area (Å²) in [6.07, 6.45) is 2.55. The zero-order chi connectivity index (χ0) is 18.7. The van der Waals surface area contributed by atoms with Gasteiger partial charge in [0.2, 0.25) is 0 Å². The number of Topliss-reactive ketones (excluding diaryl/α,β-unsaturated/α-hetero) is 1. The van der Waals surface area contributed by atoms with E-state index < -0.39 is 11.7 Å². The molecule has 0 spiro atoms. The number of benzene rings is 1. The first-order chi connectivity index (χ1) is 12.5. The maximum atomic E-state index is 13.3. The fraction of sp³-hybridized carbons (Fsp3) is 0.238. The second kappa shape index (κ2) is 7.52. The zero-order valence-corrected chi connectivity index (χ0v) is 14.8. The molecule has 4 nitrogen and oxygen atoms in total. The van der Waals surface area contributed by atoms with Crippen LogP contribution in [-0.2, 0) is 4.79 Å². The molecule has 0 aliphatic heterocycles. The smallest absolute Gasteiger partial charge is 0.294 e. The van der Waals surface area contributed by atoms with Gasteiger partial charge in [0.15, 0.2) is 0 Å². The summed E-state index contributed by atoms with van der Waals surface area (Å²) in [4.78, 5) is 25.2. The summed E-state index contributed by atoms with van der Waals surface area (Å²) >= 11 is 0. The summed E-state index contributed by atoms with van der Waals surface area (Å²) in [5.74, 6) is -1.14. The lowest BCUT2D eigenvalue weighted by molar-refractivity contribution is -0.117. The van der Waals surface area contributed by atoms with E-state index in [1.807, 2.05) is 18.2 Å². The normalized spacial score (nSPS) is 11.1. The molecule has 134 valence electrons. The SMILES string of the molecule is CC(C)CCNC(=O)C(=O)c1c(-c2ccc(F)cc2)cc2ccccn12. The third kappa shape index (κ3) is 3.67. The largest absolute Gasteiger partial charge is 0.349 e. The summed E-state index contributed by atoms with van der Waals surface area (Å²) < 4.78 is 15.0. The van der Waals surface area contributed by atoms with Crippen molar-refractivity contribution in [2.24, 2.45) is 5.92 Å². The van der Waals surface area contributed by atoms with Crippen LogP contribution in [0.4, 0.5) is 4.39 Å². The molecule has 3 rings (SSSR count). The van der Waals surface area contributed by atoms with Crippen LogP contribution in [0.5, 0.6) is 0 Å². The van der Waals surface area contributed by atoms with Crippen molar-refractivity contribution >= 4 is 17.2 Å². The number of amides is 1. The molecule has 0 saturated heterocycles. The lowest BCUT2D eigenvalue weighted by Gasteiger charge is -2.09. The number of carbonyl (C=O) groups is 2. The minimum absolute atomic E-state index is 0.286. The van der Waals surface area contributed by atoms with Crippen molar-refractivity contribution in [3.8, 4) is 11.1 Å². The Balaban J connectivity index is 2.00. The van der Waals surface area contributed by atoms with Gasteiger partial charge in [0.25, 0.3) is 11.7 Å². The van der Waals surface area contributed by atoms with E-state index in [-0.39, 0.29) is 11.5 Å². The van der Waals surface area contributed by atoms with Gasteiger partial charge < -0.3 is 9.72 Å². The number of ketones is 1. The topological polar surface area (TPSA) is 50.6 Å². The summed E-state index contributed by atoms with van der Waals surface area (Å²) in [5.41, 5.74) is 2.38. The fourth-order valence-electron chi connectivity index (χ4n) is 2.87. The lowest BCUT2D eigenvalue weighted by Crippen LogP contribution is -2.33. The predicted molar refractivity (Wildman–Crippen MR) is 99.6 cm³/mol. The minimum atomic E-state index is -0.627. The van der Waals surface area contributed by atoms with Crippen LogP contribution >= 0.6 is 0 Å². The summed E-state index contributed by atoms with van der Waals surface area (Å²) in [7, 11) is 0. The van der Waals surface area contributed by atoms with Crippen molar-refractivity contribution in [1.82, 2.24) is 9.72 Å². The first-order valence-corrected chi connectivity index (χ1v) is 8.66. The van der Waals surface area contributed by atoms with Crippen LogP contribution in [-0.4, -0.2) is 22.6 Å². The average Bonchev–Trinajstić information content (AvgIpc) is 3.00. The number of hydrogen-bond donors (Lipinski definition) is 1. The number of hydrogen-bond acceptors (Lipinski definition) is 2. The number of fused-ring (bicyclic) bond motifs is 1. The molecule has 2 aromatic heterocycles. The molecule has 1 N–H and O–H groups in total. The molecule has 3 aromatic rings. The molecule has 0 saturated carbocycles. The van der Waals surface area contributed by atoms with Crippen LogP contribution in [0.15, 0.2) is 54.7 Å². The minimum Gasteiger partial charge on any atom is -0.349 e. The molecule has 0 aliphatic rings. The number of pyridine rings is 1. The van der Waals surface area contributed by atoms with E-state index >= 15 is 0 Å². The second-order valence-corrected chi connectivity index (χ2v) is 6.68. The van der Waals surface area contributed by atoms with Crippen molar-refractivity contribution < 1.29 is 14.0 Å². The van der Waals surface area contributed by atoms with E-state index in [2.05, 4.69) is 19.2 Å². The van der Waals surface area contributed by atoms with E-state index in [4.69, 9.17) is 0 Å². The number of halogens is 1. The molecule has 0 aliphatic carbocycles. The maximum Gasteiger partial charge on any atom is 0.294 e. The standard InChI is InChI=1S/C21H21FN2O2/c1-14(2)10-11-23-21(26)20(25)19-18(15-6-8-16(22)9-7-15)13-17-5-3-4-12-24(17)19/h3-9,12-14H,10-11H2,1-2H3,(H,23,26). The van der Waals surface area contributed by atoms with E-state index in [9.17, 15) is 14.0 Å². The van der Waals surface area contributed by atoms with Gasteiger partial charge in [0.05, 0.1) is 0 Å². The van der Waals surface area contributed by atoms with Crippen LogP contribution in [0.1, 0.15) is 30.8 Å². The van der Waals surface area contributed by atoms with E-state index in [0.717, 1.165) is 11.9 Å². The lowest BCUT2D eigenvalue weighted by atomic mass is 10.0. The van der Waals surface area contributed by atoms with Crippen LogP contribution in [0.3, 0.4) is 0 Å². The van der Waals surface area contributed by atoms with Gasteiger partial charge in [0.1, 0.15) is 11.5 Å². The monoisotopic (exact) mass is 352 g/mol. The van der Waals surface area contributed by atoms with Gasteiger partial charge in [-0.3, -0.25) is 9.59 Å². The molecule has 1 aromatic carbocycles. The number of rotatable bonds is 6. The molecule has 26 heavy (non-hydrogen) atoms. The highest BCUT2D eigenvalue weighted by molar-refractivity contribution is 6.43. The number of carbonyl (C=O) groups excluding carboxylic acids is 2. The Morgan fingerprint density at radius 1 is 1.12 bits per heavy atom. The fourth-order valence-corrected chi connectivity index (χ4v) is 2.87. The Labute approximate surface area is 151 Å². The Morgan fingerprint density at radius 2 is 1.85 bits per heavy atom. The Morgan fingerprint density at radius 3 is 2.54 bits per heavy atom. The first kappa shape index (κ1) is 17.9. The molecule has 0 bridgehead atoms. The van der Waals surface area contributed by atoms with Crippen LogP contribution in [0, 0.1) is 11.7 Å². The van der Waals surface area contributed by atoms with Crippen molar-refractivity contribution in [1.29, 1.82) is 0 Å². The summed E-state index contributed by atoms with van der Waals surface area (Å²) in [5, 5.41) is 2.69. The molecule has 2 heterocycles. The van der Waals surface area contributed by atoms with Gasteiger partial charge >= 0.3 is 0 Å². The molecule has 1 amide bonds. The number of nitrogens with one attached hydrogen (secondary N) is 1. The average molecular weight is 352 g/mol. The Hall–Kier alpha value is -2.95. The van der Waals surface area contributed by atoms with Gasteiger partial charge in [-0.15, -0.1) is 0 Å². The van der Waals surface area contributed by atoms with Gasteiger partial charge in [-0.05, 0) is 48.2 Å². The predicted octanol–water partition coefficient (Wildman–Crippen LogP) is 4.09. The summed E-state index contributed by atoms with van der Waals surface area (Å²) in [6, 6.07) is 13.3. The highest BCUT2D eigenvalue weighted by atomic mass is 19.1. The highest BCUT2D eigenvalue weighted by Crippen LogP contribution is 2.28. The van der Waals surface area contributed by atoms with Crippen molar-refractivity contribution in [2.75, 3.05) is 6.54 Å². The second-order valence-electron chi connectivity index (χ2n) is 6.68. The first-order valence-electron chi connectivity index (χ1n) is 8.66. The molecule has 0 radical (unpaired) electrons. The number of aromatic nitrogens is 1. The third-order valence-electron chi connectivity index (χ3n) is 4.26. The third-order valence-corrected chi connectivity index (χ3v) is 4.26. The molecule has 0 atom stereocenters. The Kier molecular flexibility index (Phi) is 5.16. The summed E-state index contributed by atoms with van der Waals surface area (Å²) in [6.45, 7) is 4.57. The van der Waals surface area contributed by atoms with Crippen molar-refractivity contribution in [3.05, 3.63) is 66.2 Å². The number of nitrogens with zero attached hydrogens (tertiary/aromatic N) is 1. The van der Waals surface area contributed by atoms with Crippen LogP contribution in [0.2, 0.25) is 0 Å². The molecule has 0 fully saturated rings. The highest BCUT2D eigenvalue weighted by Gasteiger charge is 2.24. The van der Waals surface area contributed by atoms with Gasteiger partial charge in [-0.2, -0.15) is 0 Å². The molecule has 0 unspecified atom stereocenters. The quantitative estimate of drug-likeness (QED) is 0.537. The van der Waals surface area contributed by atoms with E-state index in [1.165, 1.54) is 12.1 Å². The van der Waals surface area contributed by atoms with Crippen molar-refractivity contribution in [3.63, 3.8) is 0 Å². The van der Waals surface area contributed by atoms with Gasteiger partial charge in [0, 0.05) is 23.8 Å². The van der Waals surface area contributed by atoms with Gasteiger partial charge in [-0.25, -0.2) is 4.39 Å². The van der Waals surface area contributed by atoms with Crippen molar-refractivity contribution in [2.45, 2.75) is 20.3 Å². The van der Waals surface area contributed by atoms with E-state index in [1.54, 1.807) is 28.8 Å². The van der Waals surface area contributed by atoms with Crippen LogP contribution < -0.4 is 5.32 Å².